The molecule has 4 aromatic carbocycles. The van der Waals surface area contributed by atoms with Gasteiger partial charge in [0, 0.05) is 0 Å². The molecule has 4 aromatic rings. The van der Waals surface area contributed by atoms with E-state index in [1.807, 2.05) is 0 Å². The molecule has 0 unspecified atom stereocenters. The minimum atomic E-state index is 1.33. The largest absolute Gasteiger partial charge is 0.0616 e. The maximum Gasteiger partial charge on any atom is -0.00963 e. The molecule has 96 valence electrons. The fourth-order valence-electron chi connectivity index (χ4n) is 3.29. The molecule has 0 spiro atoms. The highest BCUT2D eigenvalue weighted by molar-refractivity contribution is 6.14. The highest BCUT2D eigenvalue weighted by Crippen LogP contribution is 2.33. The minimum absolute atomic E-state index is 1.33. The maximum atomic E-state index is 2.33. The molecule has 0 nitrogen and oxygen atoms in total. The van der Waals surface area contributed by atoms with Gasteiger partial charge in [0.05, 0.1) is 0 Å². The molecule has 4 rings (SSSR count). The van der Waals surface area contributed by atoms with Gasteiger partial charge in [0.25, 0.3) is 0 Å². The molecular weight excluding hydrogens is 240 g/mol. The van der Waals surface area contributed by atoms with Crippen molar-refractivity contribution in [3.05, 3.63) is 71.8 Å². The quantitative estimate of drug-likeness (QED) is 0.277. The molecule has 0 aliphatic heterocycles. The van der Waals surface area contributed by atoms with Gasteiger partial charge in [-0.25, -0.2) is 0 Å². The Kier molecular flexibility index (Phi) is 2.34. The zero-order valence-corrected chi connectivity index (χ0v) is 11.8. The van der Waals surface area contributed by atoms with E-state index in [1.54, 1.807) is 0 Å². The zero-order chi connectivity index (χ0) is 13.7. The summed E-state index contributed by atoms with van der Waals surface area (Å²) in [4.78, 5) is 0. The van der Waals surface area contributed by atoms with Gasteiger partial charge in [0.2, 0.25) is 0 Å². The maximum absolute atomic E-state index is 2.33. The van der Waals surface area contributed by atoms with Crippen molar-refractivity contribution in [1.29, 1.82) is 0 Å². The van der Waals surface area contributed by atoms with Crippen LogP contribution < -0.4 is 0 Å². The Labute approximate surface area is 118 Å². The molecule has 0 aliphatic carbocycles. The molecule has 0 amide bonds. The first kappa shape index (κ1) is 11.5. The van der Waals surface area contributed by atoms with E-state index in [2.05, 4.69) is 74.5 Å². The van der Waals surface area contributed by atoms with Gasteiger partial charge in [-0.15, -0.1) is 0 Å². The van der Waals surface area contributed by atoms with Crippen LogP contribution in [0.5, 0.6) is 0 Å². The smallest absolute Gasteiger partial charge is 0.00963 e. The molecule has 0 heteroatoms. The summed E-state index contributed by atoms with van der Waals surface area (Å²) in [5.41, 5.74) is 2.72. The Morgan fingerprint density at radius 1 is 0.550 bits per heavy atom. The Morgan fingerprint density at radius 3 is 2.20 bits per heavy atom. The molecule has 0 atom stereocenters. The van der Waals surface area contributed by atoms with Crippen LogP contribution in [0, 0.1) is 13.8 Å². The van der Waals surface area contributed by atoms with E-state index in [0.717, 1.165) is 0 Å². The number of fused-ring (bicyclic) bond motifs is 4. The van der Waals surface area contributed by atoms with Crippen molar-refractivity contribution >= 4 is 32.3 Å². The van der Waals surface area contributed by atoms with Gasteiger partial charge in [0.15, 0.2) is 0 Å². The van der Waals surface area contributed by atoms with E-state index in [1.165, 1.54) is 43.4 Å². The van der Waals surface area contributed by atoms with Crippen molar-refractivity contribution in [3.8, 4) is 0 Å². The van der Waals surface area contributed by atoms with E-state index in [4.69, 9.17) is 0 Å². The van der Waals surface area contributed by atoms with Crippen LogP contribution in [-0.2, 0) is 0 Å². The molecule has 0 heterocycles. The second kappa shape index (κ2) is 4.08. The van der Waals surface area contributed by atoms with Crippen LogP contribution in [-0.4, -0.2) is 0 Å². The Balaban J connectivity index is 2.31. The van der Waals surface area contributed by atoms with E-state index < -0.39 is 0 Å². The van der Waals surface area contributed by atoms with Gasteiger partial charge >= 0.3 is 0 Å². The highest BCUT2D eigenvalue weighted by Gasteiger charge is 2.07. The van der Waals surface area contributed by atoms with Crippen LogP contribution >= 0.6 is 0 Å². The van der Waals surface area contributed by atoms with Gasteiger partial charge in [-0.05, 0) is 63.4 Å². The molecule has 0 aliphatic rings. The van der Waals surface area contributed by atoms with Crippen LogP contribution in [0.25, 0.3) is 32.3 Å². The standard InChI is InChI=1S/C20H16/c1-13-6-5-9-19-16(13)10-11-18-14(2)17-8-4-3-7-15(17)12-20(18)19/h3-12H,1-2H3. The van der Waals surface area contributed by atoms with Gasteiger partial charge in [0.1, 0.15) is 0 Å². The van der Waals surface area contributed by atoms with Gasteiger partial charge in [-0.2, -0.15) is 0 Å². The first-order valence-electron chi connectivity index (χ1n) is 7.06. The molecule has 0 saturated carbocycles. The van der Waals surface area contributed by atoms with Crippen LogP contribution in [0.3, 0.4) is 0 Å². The second-order valence-corrected chi connectivity index (χ2v) is 5.55. The molecule has 0 fully saturated rings. The van der Waals surface area contributed by atoms with Crippen molar-refractivity contribution in [3.63, 3.8) is 0 Å². The lowest BCUT2D eigenvalue weighted by Gasteiger charge is -2.11. The average Bonchev–Trinajstić information content (AvgIpc) is 2.48. The predicted octanol–water partition coefficient (Wildman–Crippen LogP) is 5.76. The van der Waals surface area contributed by atoms with Crippen LogP contribution in [0.2, 0.25) is 0 Å². The average molecular weight is 256 g/mol. The summed E-state index contributed by atoms with van der Waals surface area (Å²) in [6.45, 7) is 4.41. The van der Waals surface area contributed by atoms with Gasteiger partial charge in [-0.3, -0.25) is 0 Å². The molecule has 0 saturated heterocycles. The molecule has 0 bridgehead atoms. The monoisotopic (exact) mass is 256 g/mol. The Morgan fingerprint density at radius 2 is 1.30 bits per heavy atom. The van der Waals surface area contributed by atoms with Crippen molar-refractivity contribution in [2.45, 2.75) is 13.8 Å². The lowest BCUT2D eigenvalue weighted by Crippen LogP contribution is -1.86. The number of aryl methyl sites for hydroxylation is 2. The molecule has 20 heavy (non-hydrogen) atoms. The third-order valence-corrected chi connectivity index (χ3v) is 4.39. The number of rotatable bonds is 0. The van der Waals surface area contributed by atoms with E-state index in [0.29, 0.717) is 0 Å². The summed E-state index contributed by atoms with van der Waals surface area (Å²) >= 11 is 0. The van der Waals surface area contributed by atoms with E-state index in [-0.39, 0.29) is 0 Å². The van der Waals surface area contributed by atoms with Crippen LogP contribution in [0.4, 0.5) is 0 Å². The van der Waals surface area contributed by atoms with Crippen LogP contribution in [0.1, 0.15) is 11.1 Å². The second-order valence-electron chi connectivity index (χ2n) is 5.55. The molecular formula is C20H16. The molecule has 0 radical (unpaired) electrons. The summed E-state index contributed by atoms with van der Waals surface area (Å²) in [6, 6.07) is 22.1. The molecule has 0 aromatic heterocycles. The third-order valence-electron chi connectivity index (χ3n) is 4.39. The SMILES string of the molecule is Cc1cccc2c1ccc1c(C)c3ccccc3cc12. The third kappa shape index (κ3) is 1.48. The summed E-state index contributed by atoms with van der Waals surface area (Å²) in [5, 5.41) is 8.12. The van der Waals surface area contributed by atoms with Crippen molar-refractivity contribution in [2.24, 2.45) is 0 Å². The van der Waals surface area contributed by atoms with Crippen molar-refractivity contribution in [1.82, 2.24) is 0 Å². The molecule has 0 N–H and O–H groups in total. The topological polar surface area (TPSA) is 0 Å². The Hall–Kier alpha value is -2.34. The van der Waals surface area contributed by atoms with E-state index >= 15 is 0 Å². The lowest BCUT2D eigenvalue weighted by molar-refractivity contribution is 1.53. The Bertz CT molecular complexity index is 962. The fraction of sp³-hybridized carbons (Fsp3) is 0.100. The first-order valence-corrected chi connectivity index (χ1v) is 7.06. The minimum Gasteiger partial charge on any atom is -0.0616 e. The lowest BCUT2D eigenvalue weighted by atomic mass is 9.93. The van der Waals surface area contributed by atoms with Crippen LogP contribution in [0.15, 0.2) is 60.7 Å². The summed E-state index contributed by atoms with van der Waals surface area (Å²) in [5.74, 6) is 0. The fourth-order valence-corrected chi connectivity index (χ4v) is 3.29. The number of hydrogen-bond acceptors (Lipinski definition) is 0. The van der Waals surface area contributed by atoms with Crippen molar-refractivity contribution in [2.75, 3.05) is 0 Å². The number of hydrogen-bond donors (Lipinski definition) is 0. The first-order chi connectivity index (χ1) is 9.75. The summed E-state index contributed by atoms with van der Waals surface area (Å²) in [6.07, 6.45) is 0. The summed E-state index contributed by atoms with van der Waals surface area (Å²) < 4.78 is 0. The number of benzene rings is 4. The van der Waals surface area contributed by atoms with Gasteiger partial charge in [-0.1, -0.05) is 54.6 Å². The normalized spacial score (nSPS) is 11.5. The van der Waals surface area contributed by atoms with E-state index in [9.17, 15) is 0 Å². The zero-order valence-electron chi connectivity index (χ0n) is 11.8. The van der Waals surface area contributed by atoms with Gasteiger partial charge < -0.3 is 0 Å². The summed E-state index contributed by atoms with van der Waals surface area (Å²) in [7, 11) is 0. The van der Waals surface area contributed by atoms with Crippen molar-refractivity contribution < 1.29 is 0 Å². The predicted molar refractivity (Wildman–Crippen MR) is 88.4 cm³/mol. The highest BCUT2D eigenvalue weighted by atomic mass is 14.1.